The first-order valence-electron chi connectivity index (χ1n) is 9.32. The van der Waals surface area contributed by atoms with Gasteiger partial charge in [-0.2, -0.15) is 0 Å². The molecule has 0 radical (unpaired) electrons. The Hall–Kier alpha value is -2.09. The lowest BCUT2D eigenvalue weighted by Gasteiger charge is -2.38. The topological polar surface area (TPSA) is 87.5 Å². The molecule has 150 valence electrons. The molecule has 1 aromatic carbocycles. The van der Waals surface area contributed by atoms with Crippen LogP contribution in [0.1, 0.15) is 53.5 Å². The molecule has 2 aromatic rings. The number of carbonyl (C=O) groups excluding carboxylic acids is 2. The molecule has 0 bridgehead atoms. The molecule has 2 heterocycles. The van der Waals surface area contributed by atoms with Crippen LogP contribution in [0.5, 0.6) is 0 Å². The Morgan fingerprint density at radius 1 is 1.29 bits per heavy atom. The van der Waals surface area contributed by atoms with Crippen LogP contribution in [-0.4, -0.2) is 29.9 Å². The van der Waals surface area contributed by atoms with Crippen molar-refractivity contribution in [2.24, 2.45) is 5.73 Å². The number of urea groups is 1. The fourth-order valence-corrected chi connectivity index (χ4v) is 5.22. The summed E-state index contributed by atoms with van der Waals surface area (Å²) in [4.78, 5) is 28.1. The molecule has 0 fully saturated rings. The van der Waals surface area contributed by atoms with Crippen molar-refractivity contribution in [1.29, 1.82) is 0 Å². The maximum atomic E-state index is 12.5. The van der Waals surface area contributed by atoms with Crippen molar-refractivity contribution in [3.05, 3.63) is 45.3 Å². The summed E-state index contributed by atoms with van der Waals surface area (Å²) in [5.74, 6) is -0.520. The van der Waals surface area contributed by atoms with Gasteiger partial charge in [-0.05, 0) is 56.6 Å². The molecule has 4 N–H and O–H groups in total. The fraction of sp³-hybridized carbons (Fsp3) is 0.400. The number of nitrogens with two attached hydrogens (primary N) is 1. The normalized spacial score (nSPS) is 19.1. The first-order valence-corrected chi connectivity index (χ1v) is 10.5. The number of hydrogen-bond acceptors (Lipinski definition) is 4. The molecule has 0 saturated carbocycles. The number of halogens is 1. The quantitative estimate of drug-likeness (QED) is 0.645. The number of benzene rings is 1. The second-order valence-corrected chi connectivity index (χ2v) is 8.62. The number of anilines is 2. The van der Waals surface area contributed by atoms with Crippen LogP contribution in [0.2, 0.25) is 5.02 Å². The highest BCUT2D eigenvalue weighted by atomic mass is 35.5. The van der Waals surface area contributed by atoms with Gasteiger partial charge < -0.3 is 11.1 Å². The van der Waals surface area contributed by atoms with Gasteiger partial charge >= 0.3 is 6.03 Å². The Morgan fingerprint density at radius 3 is 2.57 bits per heavy atom. The number of nitrogens with zero attached hydrogens (tertiary/aromatic N) is 1. The molecule has 1 aliphatic rings. The third kappa shape index (κ3) is 4.16. The average molecular weight is 421 g/mol. The number of primary amides is 1. The minimum atomic E-state index is -0.520. The van der Waals surface area contributed by atoms with Crippen molar-refractivity contribution in [3.8, 4) is 0 Å². The van der Waals surface area contributed by atoms with E-state index in [2.05, 4.69) is 36.4 Å². The summed E-state index contributed by atoms with van der Waals surface area (Å²) in [6.07, 6.45) is 3.04. The lowest BCUT2D eigenvalue weighted by Crippen LogP contribution is -2.40. The van der Waals surface area contributed by atoms with Gasteiger partial charge in [0, 0.05) is 27.7 Å². The van der Waals surface area contributed by atoms with Crippen molar-refractivity contribution in [1.82, 2.24) is 4.90 Å². The van der Waals surface area contributed by atoms with Gasteiger partial charge in [0.1, 0.15) is 5.00 Å². The van der Waals surface area contributed by atoms with E-state index in [1.165, 1.54) is 11.3 Å². The number of rotatable bonds is 5. The number of nitrogens with one attached hydrogen (secondary N) is 2. The van der Waals surface area contributed by atoms with Crippen molar-refractivity contribution < 1.29 is 9.59 Å². The van der Waals surface area contributed by atoms with E-state index >= 15 is 0 Å². The maximum absolute atomic E-state index is 12.5. The van der Waals surface area contributed by atoms with E-state index in [1.54, 1.807) is 24.3 Å². The molecule has 3 rings (SSSR count). The van der Waals surface area contributed by atoms with Gasteiger partial charge in [-0.3, -0.25) is 15.0 Å². The molecule has 1 aliphatic heterocycles. The van der Waals surface area contributed by atoms with E-state index in [9.17, 15) is 9.59 Å². The van der Waals surface area contributed by atoms with Gasteiger partial charge in [-0.25, -0.2) is 4.79 Å². The molecule has 8 heteroatoms. The molecular formula is C20H25ClN4O2S. The molecule has 28 heavy (non-hydrogen) atoms. The first kappa shape index (κ1) is 20.6. The Kier molecular flexibility index (Phi) is 6.27. The number of hydrogen-bond donors (Lipinski definition) is 3. The van der Waals surface area contributed by atoms with E-state index in [1.807, 2.05) is 0 Å². The van der Waals surface area contributed by atoms with Gasteiger partial charge in [0.25, 0.3) is 5.91 Å². The monoisotopic (exact) mass is 420 g/mol. The van der Waals surface area contributed by atoms with E-state index < -0.39 is 11.9 Å². The van der Waals surface area contributed by atoms with Crippen molar-refractivity contribution in [2.75, 3.05) is 17.7 Å². The Labute approximate surface area is 174 Å². The van der Waals surface area contributed by atoms with Crippen LogP contribution >= 0.6 is 22.9 Å². The highest BCUT2D eigenvalue weighted by Crippen LogP contribution is 2.44. The average Bonchev–Trinajstić information content (AvgIpc) is 2.99. The third-order valence-corrected chi connectivity index (χ3v) is 6.64. The van der Waals surface area contributed by atoms with Crippen LogP contribution < -0.4 is 16.4 Å². The second kappa shape index (κ2) is 8.51. The van der Waals surface area contributed by atoms with Crippen LogP contribution in [0.25, 0.3) is 0 Å². The zero-order valence-electron chi connectivity index (χ0n) is 16.2. The largest absolute Gasteiger partial charge is 0.365 e. The van der Waals surface area contributed by atoms with E-state index in [4.69, 9.17) is 17.3 Å². The molecule has 1 aromatic heterocycles. The first-order chi connectivity index (χ1) is 13.3. The third-order valence-electron chi connectivity index (χ3n) is 5.25. The number of likely N-dealkylation sites (N-methyl/N-ethyl adjacent to an activating group) is 1. The summed E-state index contributed by atoms with van der Waals surface area (Å²) in [5, 5.41) is 6.65. The zero-order valence-corrected chi connectivity index (χ0v) is 17.8. The molecule has 3 amide bonds. The minimum Gasteiger partial charge on any atom is -0.365 e. The second-order valence-electron chi connectivity index (χ2n) is 7.08. The molecular weight excluding hydrogens is 396 g/mol. The Bertz CT molecular complexity index is 881. The van der Waals surface area contributed by atoms with Crippen LogP contribution in [0.4, 0.5) is 15.5 Å². The Morgan fingerprint density at radius 2 is 1.96 bits per heavy atom. The van der Waals surface area contributed by atoms with Gasteiger partial charge in [0.15, 0.2) is 0 Å². The fourth-order valence-electron chi connectivity index (χ4n) is 3.73. The molecule has 0 spiro atoms. The molecule has 1 unspecified atom stereocenters. The van der Waals surface area contributed by atoms with Gasteiger partial charge in [-0.1, -0.05) is 24.9 Å². The minimum absolute atomic E-state index is 0.0638. The Balaban J connectivity index is 1.87. The lowest BCUT2D eigenvalue weighted by molar-refractivity contribution is 0.0994. The maximum Gasteiger partial charge on any atom is 0.324 e. The van der Waals surface area contributed by atoms with Crippen LogP contribution in [0.15, 0.2) is 24.3 Å². The number of thiophene rings is 1. The predicted octanol–water partition coefficient (Wildman–Crippen LogP) is 4.86. The number of carbonyl (C=O) groups is 2. The summed E-state index contributed by atoms with van der Waals surface area (Å²) in [7, 11) is 2.08. The lowest BCUT2D eigenvalue weighted by atomic mass is 9.90. The zero-order chi connectivity index (χ0) is 20.4. The predicted molar refractivity (Wildman–Crippen MR) is 116 cm³/mol. The summed E-state index contributed by atoms with van der Waals surface area (Å²) in [5.41, 5.74) is 7.66. The van der Waals surface area contributed by atoms with Crippen molar-refractivity contribution >= 4 is 45.6 Å². The molecule has 0 saturated heterocycles. The highest BCUT2D eigenvalue weighted by molar-refractivity contribution is 7.17. The van der Waals surface area contributed by atoms with E-state index in [-0.39, 0.29) is 6.04 Å². The molecule has 2 atom stereocenters. The van der Waals surface area contributed by atoms with Crippen LogP contribution in [-0.2, 0) is 6.42 Å². The van der Waals surface area contributed by atoms with E-state index in [0.29, 0.717) is 27.3 Å². The number of fused-ring (bicyclic) bond motifs is 1. The van der Waals surface area contributed by atoms with Crippen LogP contribution in [0.3, 0.4) is 0 Å². The van der Waals surface area contributed by atoms with Gasteiger partial charge in [-0.15, -0.1) is 11.3 Å². The summed E-state index contributed by atoms with van der Waals surface area (Å²) < 4.78 is 0. The van der Waals surface area contributed by atoms with Crippen molar-refractivity contribution in [3.63, 3.8) is 0 Å². The van der Waals surface area contributed by atoms with Crippen LogP contribution in [0, 0.1) is 0 Å². The summed E-state index contributed by atoms with van der Waals surface area (Å²) in [6.45, 7) is 4.25. The number of amides is 3. The van der Waals surface area contributed by atoms with Crippen molar-refractivity contribution in [2.45, 2.75) is 45.2 Å². The highest BCUT2D eigenvalue weighted by Gasteiger charge is 2.35. The standard InChI is InChI=1S/C20H25ClN4O2S/c1-4-5-14-10-15-16(11(2)25(14)3)17(18(22)26)19(28-15)24-20(27)23-13-8-6-12(21)7-9-13/h6-9,11,14H,4-5,10H2,1-3H3,(H2,22,26)(H2,23,24,27)/t11?,14-/m1/s1. The summed E-state index contributed by atoms with van der Waals surface area (Å²) >= 11 is 7.32. The smallest absolute Gasteiger partial charge is 0.324 e. The van der Waals surface area contributed by atoms with Gasteiger partial charge in [0.2, 0.25) is 0 Å². The van der Waals surface area contributed by atoms with Gasteiger partial charge in [0.05, 0.1) is 5.56 Å². The summed E-state index contributed by atoms with van der Waals surface area (Å²) in [6, 6.07) is 6.87. The SMILES string of the molecule is CCC[C@@H]1Cc2sc(NC(=O)Nc3ccc(Cl)cc3)c(C(N)=O)c2C(C)N1C. The molecule has 0 aliphatic carbocycles. The van der Waals surface area contributed by atoms with E-state index in [0.717, 1.165) is 29.7 Å². The molecule has 6 nitrogen and oxygen atoms in total.